The van der Waals surface area contributed by atoms with E-state index in [1.807, 2.05) is 131 Å². The fourth-order valence-corrected chi connectivity index (χ4v) is 12.4. The fraction of sp³-hybridized carbons (Fsp3) is 0.200. The average molecular weight is 1220 g/mol. The Morgan fingerprint density at radius 2 is 0.815 bits per heavy atom. The maximum atomic E-state index is 8.33. The van der Waals surface area contributed by atoms with Crippen LogP contribution in [0.4, 0.5) is 0 Å². The Morgan fingerprint density at radius 1 is 0.380 bits per heavy atom. The molecule has 0 aliphatic rings. The molecule has 0 radical (unpaired) electrons. The van der Waals surface area contributed by atoms with Crippen LogP contribution in [0.5, 0.6) is 0 Å². The van der Waals surface area contributed by atoms with Gasteiger partial charge in [-0.25, -0.2) is 38.2 Å². The third kappa shape index (κ3) is 11.0. The molecule has 4 aromatic carbocycles. The number of aryl methyl sites for hydroxylation is 13. The van der Waals surface area contributed by atoms with Crippen LogP contribution in [0.2, 0.25) is 0 Å². The molecular formula is C80H76N8O4+4. The molecule has 92 heavy (non-hydrogen) atoms. The Balaban J connectivity index is 0.000000119. The van der Waals surface area contributed by atoms with Gasteiger partial charge in [0, 0.05) is 124 Å². The van der Waals surface area contributed by atoms with Crippen LogP contribution in [0.15, 0.2) is 200 Å². The quantitative estimate of drug-likeness (QED) is 0.156. The Morgan fingerprint density at radius 3 is 1.29 bits per heavy atom. The fourth-order valence-electron chi connectivity index (χ4n) is 12.4. The lowest BCUT2D eigenvalue weighted by molar-refractivity contribution is -0.660. The molecule has 0 saturated heterocycles. The summed E-state index contributed by atoms with van der Waals surface area (Å²) in [7, 11) is 7.84. The van der Waals surface area contributed by atoms with E-state index in [0.29, 0.717) is 34.0 Å². The number of fused-ring (bicyclic) bond motifs is 12. The molecule has 12 nitrogen and oxygen atoms in total. The van der Waals surface area contributed by atoms with Gasteiger partial charge in [-0.2, -0.15) is 0 Å². The highest BCUT2D eigenvalue weighted by atomic mass is 16.4. The van der Waals surface area contributed by atoms with Gasteiger partial charge in [-0.1, -0.05) is 62.3 Å². The molecule has 0 amide bonds. The lowest BCUT2D eigenvalue weighted by Crippen LogP contribution is -2.31. The third-order valence-electron chi connectivity index (χ3n) is 17.4. The average Bonchev–Trinajstić information content (AvgIpc) is 1.69. The number of hydrogen-bond donors (Lipinski definition) is 0. The van der Waals surface area contributed by atoms with Crippen LogP contribution < -0.4 is 18.3 Å². The van der Waals surface area contributed by atoms with Crippen molar-refractivity contribution in [3.63, 3.8) is 0 Å². The van der Waals surface area contributed by atoms with Crippen LogP contribution in [0, 0.1) is 62.2 Å². The molecule has 12 heterocycles. The standard InChI is InChI=1S/C21H21N2O.2C20H19N2O.C19H17N2O/c1-13(2)15-8-10-18(23(4)12-15)19-14(3)7-9-16-17-6-5-11-22-21(17)24-20(16)19;1-12-9-10-22(4)17(11-12)18-13(2)5-7-15-16-8-6-14(3)21-20(16)23-19(15)18;1-12-7-8-15-16-6-5-9-21-20(16)23-19(15)18(12)17-10-13(2)14(3)11-22(17)4;1-12-7-9-14-15-10-8-13(2)20-19(15)22-18(14)17(12)16-6-4-5-11-21(16)3/h5-13H,1-4H3;2*5-11H,1-4H3;4-11H,1-3H3/q4*+1/i1D3,13D;;3D3;. The second-order valence-electron chi connectivity index (χ2n) is 24.1. The number of aromatic nitrogens is 8. The summed E-state index contributed by atoms with van der Waals surface area (Å²) in [5.74, 6) is -1.69. The summed E-state index contributed by atoms with van der Waals surface area (Å²) >= 11 is 0. The van der Waals surface area contributed by atoms with Crippen molar-refractivity contribution in [3.05, 3.63) is 239 Å². The van der Waals surface area contributed by atoms with Crippen molar-refractivity contribution in [2.75, 3.05) is 0 Å². The van der Waals surface area contributed by atoms with E-state index in [2.05, 4.69) is 143 Å². The topological polar surface area (TPSA) is 120 Å². The lowest BCUT2D eigenvalue weighted by Gasteiger charge is -2.08. The zero-order valence-corrected chi connectivity index (χ0v) is 54.0. The van der Waals surface area contributed by atoms with Gasteiger partial charge >= 0.3 is 0 Å². The molecule has 16 aromatic rings. The van der Waals surface area contributed by atoms with Crippen LogP contribution in [0.1, 0.15) is 85.2 Å². The van der Waals surface area contributed by atoms with E-state index >= 15 is 0 Å². The Kier molecular flexibility index (Phi) is 13.7. The van der Waals surface area contributed by atoms with Gasteiger partial charge in [0.2, 0.25) is 45.6 Å². The highest BCUT2D eigenvalue weighted by Crippen LogP contribution is 2.41. The van der Waals surface area contributed by atoms with E-state index in [1.165, 1.54) is 23.6 Å². The number of rotatable bonds is 5. The molecule has 0 bridgehead atoms. The van der Waals surface area contributed by atoms with E-state index < -0.39 is 19.6 Å². The zero-order chi connectivity index (χ0) is 70.3. The number of pyridine rings is 8. The van der Waals surface area contributed by atoms with E-state index in [0.717, 1.165) is 139 Å². The van der Waals surface area contributed by atoms with Gasteiger partial charge in [0.1, 0.15) is 28.2 Å². The molecule has 0 aliphatic heterocycles. The molecule has 12 aromatic heterocycles. The minimum atomic E-state index is -2.41. The van der Waals surface area contributed by atoms with E-state index in [-0.39, 0.29) is 0 Å². The Labute approximate surface area is 545 Å². The minimum absolute atomic E-state index is 0.361. The van der Waals surface area contributed by atoms with Gasteiger partial charge in [-0.05, 0) is 162 Å². The van der Waals surface area contributed by atoms with Crippen molar-refractivity contribution in [2.45, 2.75) is 81.9 Å². The highest BCUT2D eigenvalue weighted by Gasteiger charge is 2.26. The molecule has 456 valence electrons. The number of benzene rings is 4. The number of hydrogen-bond acceptors (Lipinski definition) is 8. The molecule has 0 aliphatic carbocycles. The molecule has 12 heteroatoms. The van der Waals surface area contributed by atoms with Crippen LogP contribution in [-0.2, 0) is 28.2 Å². The first kappa shape index (κ1) is 52.1. The summed E-state index contributed by atoms with van der Waals surface area (Å²) in [4.78, 5) is 17.7. The van der Waals surface area contributed by atoms with Gasteiger partial charge in [-0.15, -0.1) is 0 Å². The third-order valence-corrected chi connectivity index (χ3v) is 17.4. The maximum Gasteiger partial charge on any atom is 0.227 e. The Hall–Kier alpha value is -10.7. The van der Waals surface area contributed by atoms with E-state index in [9.17, 15) is 0 Å². The molecule has 0 spiro atoms. The monoisotopic (exact) mass is 1220 g/mol. The number of furan rings is 4. The van der Waals surface area contributed by atoms with Crippen LogP contribution >= 0.6 is 0 Å². The predicted molar refractivity (Wildman–Crippen MR) is 369 cm³/mol. The molecular weight excluding hydrogens is 1140 g/mol. The second kappa shape index (κ2) is 24.2. The van der Waals surface area contributed by atoms with Crippen molar-refractivity contribution in [3.8, 4) is 45.0 Å². The van der Waals surface area contributed by atoms with E-state index in [1.54, 1.807) is 30.9 Å². The minimum Gasteiger partial charge on any atom is -0.437 e. The van der Waals surface area contributed by atoms with Gasteiger partial charge in [0.25, 0.3) is 0 Å². The summed E-state index contributed by atoms with van der Waals surface area (Å²) in [6, 6.07) is 48.8. The first-order valence-electron chi connectivity index (χ1n) is 34.1. The van der Waals surface area contributed by atoms with Crippen LogP contribution in [-0.4, -0.2) is 19.9 Å². The largest absolute Gasteiger partial charge is 0.437 e. The first-order valence-corrected chi connectivity index (χ1v) is 30.6. The van der Waals surface area contributed by atoms with Gasteiger partial charge in [0.15, 0.2) is 47.1 Å². The summed E-state index contributed by atoms with van der Waals surface area (Å²) in [5.41, 5.74) is 23.5. The van der Waals surface area contributed by atoms with Gasteiger partial charge < -0.3 is 17.7 Å². The molecule has 16 rings (SSSR count). The van der Waals surface area contributed by atoms with Crippen molar-refractivity contribution in [1.82, 2.24) is 19.9 Å². The van der Waals surface area contributed by atoms with Crippen molar-refractivity contribution < 1.29 is 45.5 Å². The molecule has 1 unspecified atom stereocenters. The predicted octanol–water partition coefficient (Wildman–Crippen LogP) is 17.8. The molecule has 0 N–H and O–H groups in total. The van der Waals surface area contributed by atoms with E-state index in [4.69, 9.17) is 27.3 Å². The van der Waals surface area contributed by atoms with Gasteiger partial charge in [-0.3, -0.25) is 0 Å². The SMILES string of the molecule is Cc1cc[n+](C)c(-c2c(C)ccc3c2oc2nc(C)ccc23)c1.Cc1ccc2c(n1)oc1c(-c3cccc[n+]3C)c(C)ccc12.[2H]C([2H])([2H])C([2H])(C)c1ccc(-c2c(C)ccc3c2oc2ncccc23)[n+](C)c1.[2H]C([2H])([2H])c1c[n+](C)c(-c2c(C)ccc3c2oc2ncccc23)cc1C. The maximum absolute atomic E-state index is 8.33. The highest BCUT2D eigenvalue weighted by molar-refractivity contribution is 6.12. The summed E-state index contributed by atoms with van der Waals surface area (Å²) < 4.78 is 87.0. The zero-order valence-electron chi connectivity index (χ0n) is 61.0. The first-order chi connectivity index (χ1) is 47.1. The summed E-state index contributed by atoms with van der Waals surface area (Å²) in [6.07, 6.45) is 11.0. The smallest absolute Gasteiger partial charge is 0.227 e. The molecule has 0 fully saturated rings. The van der Waals surface area contributed by atoms with Crippen molar-refractivity contribution in [1.29, 1.82) is 0 Å². The molecule has 1 atom stereocenters. The van der Waals surface area contributed by atoms with Crippen LogP contribution in [0.3, 0.4) is 0 Å². The van der Waals surface area contributed by atoms with Gasteiger partial charge in [0.05, 0.1) is 22.3 Å². The molecule has 0 saturated carbocycles. The van der Waals surface area contributed by atoms with Crippen molar-refractivity contribution in [2.24, 2.45) is 28.2 Å². The van der Waals surface area contributed by atoms with Crippen LogP contribution in [0.25, 0.3) is 133 Å². The normalized spacial score (nSPS) is 13.6. The van der Waals surface area contributed by atoms with Crippen molar-refractivity contribution >= 4 is 88.3 Å². The number of nitrogens with zero attached hydrogens (tertiary/aromatic N) is 8. The Bertz CT molecular complexity index is 5880. The summed E-state index contributed by atoms with van der Waals surface area (Å²) in [5, 5.41) is 8.30. The second-order valence-corrected chi connectivity index (χ2v) is 24.1. The lowest BCUT2D eigenvalue weighted by atomic mass is 9.99. The summed E-state index contributed by atoms with van der Waals surface area (Å²) in [6.45, 7) is 13.1.